The summed E-state index contributed by atoms with van der Waals surface area (Å²) in [5, 5.41) is 0. The van der Waals surface area contributed by atoms with E-state index in [-0.39, 0.29) is 19.6 Å². The van der Waals surface area contributed by atoms with Crippen molar-refractivity contribution < 1.29 is 23.9 Å². The van der Waals surface area contributed by atoms with E-state index < -0.39 is 23.6 Å². The zero-order valence-corrected chi connectivity index (χ0v) is 16.2. The summed E-state index contributed by atoms with van der Waals surface area (Å²) in [6.07, 6.45) is -0.135. The Balaban J connectivity index is 1.43. The van der Waals surface area contributed by atoms with Gasteiger partial charge < -0.3 is 4.74 Å². The number of nitrogens with zero attached hydrogens (tertiary/aromatic N) is 1. The molecular weight excluding hydrogens is 374 g/mol. The van der Waals surface area contributed by atoms with E-state index in [1.165, 1.54) is 0 Å². The van der Waals surface area contributed by atoms with Crippen LogP contribution in [-0.2, 0) is 9.59 Å². The Morgan fingerprint density at radius 3 is 2.00 bits per heavy atom. The molecule has 1 aliphatic rings. The van der Waals surface area contributed by atoms with E-state index in [0.717, 1.165) is 16.0 Å². The molecule has 0 fully saturated rings. The van der Waals surface area contributed by atoms with Crippen molar-refractivity contribution in [3.63, 3.8) is 0 Å². The van der Waals surface area contributed by atoms with Gasteiger partial charge in [-0.2, -0.15) is 0 Å². The van der Waals surface area contributed by atoms with Crippen molar-refractivity contribution in [2.75, 3.05) is 13.2 Å². The van der Waals surface area contributed by atoms with Gasteiger partial charge in [-0.15, -0.1) is 0 Å². The molecule has 8 nitrogen and oxygen atoms in total. The molecule has 150 valence electrons. The Morgan fingerprint density at radius 1 is 0.862 bits per heavy atom. The van der Waals surface area contributed by atoms with E-state index in [1.54, 1.807) is 24.3 Å². The fourth-order valence-electron chi connectivity index (χ4n) is 3.06. The second kappa shape index (κ2) is 8.55. The molecular formula is C21H21N3O5. The lowest BCUT2D eigenvalue weighted by Gasteiger charge is -2.14. The average molecular weight is 395 g/mol. The number of hydrogen-bond donors (Lipinski definition) is 2. The SMILES string of the molecule is Cc1cccc(C)c1OCC(=O)NNC(=O)CCN1C(=O)c2ccccc2C1=O. The smallest absolute Gasteiger partial charge is 0.276 e. The molecule has 0 saturated heterocycles. The number of hydrazine groups is 1. The highest BCUT2D eigenvalue weighted by molar-refractivity contribution is 6.21. The maximum Gasteiger partial charge on any atom is 0.276 e. The van der Waals surface area contributed by atoms with Crippen LogP contribution in [0.15, 0.2) is 42.5 Å². The molecule has 1 aliphatic heterocycles. The summed E-state index contributed by atoms with van der Waals surface area (Å²) in [7, 11) is 0. The standard InChI is InChI=1S/C21H21N3O5/c1-13-6-5-7-14(2)19(13)29-12-18(26)23-22-17(25)10-11-24-20(27)15-8-3-4-9-16(15)21(24)28/h3-9H,10-12H2,1-2H3,(H,22,25)(H,23,26). The maximum absolute atomic E-state index is 12.2. The first-order valence-corrected chi connectivity index (χ1v) is 9.10. The van der Waals surface area contributed by atoms with E-state index in [2.05, 4.69) is 10.9 Å². The Bertz CT molecular complexity index is 931. The minimum Gasteiger partial charge on any atom is -0.483 e. The van der Waals surface area contributed by atoms with E-state index in [1.807, 2.05) is 32.0 Å². The third-order valence-corrected chi connectivity index (χ3v) is 4.54. The van der Waals surface area contributed by atoms with Crippen LogP contribution in [0.5, 0.6) is 5.75 Å². The molecule has 0 unspecified atom stereocenters. The summed E-state index contributed by atoms with van der Waals surface area (Å²) in [6.45, 7) is 3.42. The van der Waals surface area contributed by atoms with E-state index >= 15 is 0 Å². The highest BCUT2D eigenvalue weighted by Gasteiger charge is 2.34. The number of benzene rings is 2. The van der Waals surface area contributed by atoms with Crippen LogP contribution in [0.4, 0.5) is 0 Å². The Labute approximate surface area is 167 Å². The fraction of sp³-hybridized carbons (Fsp3) is 0.238. The number of carbonyl (C=O) groups excluding carboxylic acids is 4. The van der Waals surface area contributed by atoms with Gasteiger partial charge in [-0.25, -0.2) is 0 Å². The van der Waals surface area contributed by atoms with Crippen molar-refractivity contribution in [2.24, 2.45) is 0 Å². The lowest BCUT2D eigenvalue weighted by atomic mass is 10.1. The van der Waals surface area contributed by atoms with Gasteiger partial charge in [0.05, 0.1) is 11.1 Å². The predicted molar refractivity (Wildman–Crippen MR) is 104 cm³/mol. The lowest BCUT2D eigenvalue weighted by molar-refractivity contribution is -0.130. The van der Waals surface area contributed by atoms with Crippen LogP contribution in [0.2, 0.25) is 0 Å². The lowest BCUT2D eigenvalue weighted by Crippen LogP contribution is -2.45. The zero-order chi connectivity index (χ0) is 21.0. The molecule has 0 spiro atoms. The molecule has 3 rings (SSSR count). The molecule has 2 aromatic carbocycles. The van der Waals surface area contributed by atoms with Gasteiger partial charge in [0.25, 0.3) is 17.7 Å². The number of para-hydroxylation sites is 1. The highest BCUT2D eigenvalue weighted by Crippen LogP contribution is 2.23. The summed E-state index contributed by atoms with van der Waals surface area (Å²) in [4.78, 5) is 49.4. The van der Waals surface area contributed by atoms with E-state index in [4.69, 9.17) is 4.74 Å². The van der Waals surface area contributed by atoms with Crippen LogP contribution in [0.3, 0.4) is 0 Å². The van der Waals surface area contributed by atoms with Crippen LogP contribution in [0.1, 0.15) is 38.3 Å². The number of carbonyl (C=O) groups is 4. The fourth-order valence-corrected chi connectivity index (χ4v) is 3.06. The summed E-state index contributed by atoms with van der Waals surface area (Å²) in [6, 6.07) is 12.2. The molecule has 2 aromatic rings. The van der Waals surface area contributed by atoms with Crippen molar-refractivity contribution in [1.29, 1.82) is 0 Å². The number of aryl methyl sites for hydroxylation is 2. The summed E-state index contributed by atoms with van der Waals surface area (Å²) >= 11 is 0. The van der Waals surface area contributed by atoms with Crippen LogP contribution in [0, 0.1) is 13.8 Å². The molecule has 0 aromatic heterocycles. The molecule has 8 heteroatoms. The van der Waals surface area contributed by atoms with Gasteiger partial charge in [0.2, 0.25) is 5.91 Å². The number of amides is 4. The average Bonchev–Trinajstić information content (AvgIpc) is 2.95. The van der Waals surface area contributed by atoms with Crippen LogP contribution in [0.25, 0.3) is 0 Å². The van der Waals surface area contributed by atoms with Gasteiger partial charge in [0, 0.05) is 13.0 Å². The first kappa shape index (κ1) is 20.1. The second-order valence-electron chi connectivity index (χ2n) is 6.66. The summed E-state index contributed by atoms with van der Waals surface area (Å²) in [5.41, 5.74) is 6.98. The molecule has 0 atom stereocenters. The number of ether oxygens (including phenoxy) is 1. The molecule has 0 radical (unpaired) electrons. The van der Waals surface area contributed by atoms with E-state index in [0.29, 0.717) is 16.9 Å². The van der Waals surface area contributed by atoms with Crippen molar-refractivity contribution in [3.8, 4) is 5.75 Å². The van der Waals surface area contributed by atoms with Gasteiger partial charge in [-0.05, 0) is 37.1 Å². The molecule has 0 bridgehead atoms. The number of rotatable bonds is 6. The zero-order valence-electron chi connectivity index (χ0n) is 16.2. The Kier molecular flexibility index (Phi) is 5.92. The predicted octanol–water partition coefficient (Wildman–Crippen LogP) is 1.52. The van der Waals surface area contributed by atoms with Crippen molar-refractivity contribution in [2.45, 2.75) is 20.3 Å². The molecule has 4 amide bonds. The quantitative estimate of drug-likeness (QED) is 0.570. The third-order valence-electron chi connectivity index (χ3n) is 4.54. The maximum atomic E-state index is 12.2. The van der Waals surface area contributed by atoms with Crippen molar-refractivity contribution >= 4 is 23.6 Å². The number of nitrogens with one attached hydrogen (secondary N) is 2. The number of hydrogen-bond acceptors (Lipinski definition) is 5. The van der Waals surface area contributed by atoms with Crippen LogP contribution in [-0.4, -0.2) is 41.7 Å². The van der Waals surface area contributed by atoms with Gasteiger partial charge in [0.1, 0.15) is 5.75 Å². The molecule has 0 saturated carbocycles. The molecule has 29 heavy (non-hydrogen) atoms. The number of fused-ring (bicyclic) bond motifs is 1. The Hall–Kier alpha value is -3.68. The van der Waals surface area contributed by atoms with Gasteiger partial charge in [-0.3, -0.25) is 34.9 Å². The highest BCUT2D eigenvalue weighted by atomic mass is 16.5. The molecule has 0 aliphatic carbocycles. The van der Waals surface area contributed by atoms with Crippen molar-refractivity contribution in [1.82, 2.24) is 15.8 Å². The minimum absolute atomic E-state index is 0.0764. The van der Waals surface area contributed by atoms with Crippen LogP contribution >= 0.6 is 0 Å². The topological polar surface area (TPSA) is 105 Å². The first-order valence-electron chi connectivity index (χ1n) is 9.10. The molecule has 2 N–H and O–H groups in total. The Morgan fingerprint density at radius 2 is 1.41 bits per heavy atom. The van der Waals surface area contributed by atoms with Crippen LogP contribution < -0.4 is 15.6 Å². The van der Waals surface area contributed by atoms with E-state index in [9.17, 15) is 19.2 Å². The van der Waals surface area contributed by atoms with Gasteiger partial charge >= 0.3 is 0 Å². The second-order valence-corrected chi connectivity index (χ2v) is 6.66. The largest absolute Gasteiger partial charge is 0.483 e. The summed E-state index contributed by atoms with van der Waals surface area (Å²) < 4.78 is 5.51. The van der Waals surface area contributed by atoms with Crippen molar-refractivity contribution in [3.05, 3.63) is 64.7 Å². The summed E-state index contributed by atoms with van der Waals surface area (Å²) in [5.74, 6) is -1.28. The molecule has 1 heterocycles. The minimum atomic E-state index is -0.526. The normalized spacial score (nSPS) is 12.6. The van der Waals surface area contributed by atoms with Gasteiger partial charge in [-0.1, -0.05) is 30.3 Å². The van der Waals surface area contributed by atoms with Gasteiger partial charge in [0.15, 0.2) is 6.61 Å². The number of imide groups is 1. The first-order chi connectivity index (χ1) is 13.9. The third kappa shape index (κ3) is 4.43. The monoisotopic (exact) mass is 395 g/mol.